The summed E-state index contributed by atoms with van der Waals surface area (Å²) in [6, 6.07) is 10.9. The van der Waals surface area contributed by atoms with Gasteiger partial charge in [-0.2, -0.15) is 9.94 Å². The van der Waals surface area contributed by atoms with Gasteiger partial charge in [0.1, 0.15) is 6.07 Å². The van der Waals surface area contributed by atoms with Crippen molar-refractivity contribution in [1.82, 2.24) is 24.3 Å². The molecule has 0 saturated heterocycles. The number of hydrogen-bond acceptors (Lipinski definition) is 5. The fraction of sp³-hybridized carbons (Fsp3) is 0.105. The molecule has 10 heteroatoms. The molecule has 0 saturated carbocycles. The highest BCUT2D eigenvalue weighted by Gasteiger charge is 2.14. The molecule has 29 heavy (non-hydrogen) atoms. The van der Waals surface area contributed by atoms with Crippen molar-refractivity contribution >= 4 is 38.6 Å². The average Bonchev–Trinajstić information content (AvgIpc) is 3.05. The molecule has 4 rings (SSSR count). The Morgan fingerprint density at radius 1 is 1.28 bits per heavy atom. The lowest BCUT2D eigenvalue weighted by Gasteiger charge is -2.11. The van der Waals surface area contributed by atoms with E-state index in [4.69, 9.17) is 16.9 Å². The first-order chi connectivity index (χ1) is 13.9. The molecule has 0 amide bonds. The Morgan fingerprint density at radius 2 is 2.07 bits per heavy atom. The van der Waals surface area contributed by atoms with Crippen LogP contribution in [0.25, 0.3) is 16.7 Å². The number of fused-ring (bicyclic) bond motifs is 1. The molecule has 2 aromatic heterocycles. The molecule has 4 aromatic rings. The second-order valence-corrected chi connectivity index (χ2v) is 7.64. The molecule has 0 fully saturated rings. The van der Waals surface area contributed by atoms with Crippen LogP contribution < -0.4 is 11.2 Å². The standard InChI is InChI=1S/C19H12BrClN6O2/c1-26-9-23-15-3-2-10(5-17(15)26)4-12-13(20)6-11(7-14(12)21)27-19(29)24-18(28)16(8-22)25-27/h2-3,5-7,9H,4H2,1H3,(H,24,28,29). The Labute approximate surface area is 177 Å². The van der Waals surface area contributed by atoms with Crippen LogP contribution in [0.4, 0.5) is 0 Å². The third-order valence-corrected chi connectivity index (χ3v) is 5.52. The summed E-state index contributed by atoms with van der Waals surface area (Å²) in [6.07, 6.45) is 2.31. The third kappa shape index (κ3) is 3.48. The maximum atomic E-state index is 12.1. The Balaban J connectivity index is 1.76. The lowest BCUT2D eigenvalue weighted by atomic mass is 10.0. The minimum absolute atomic E-state index is 0.325. The number of rotatable bonds is 3. The summed E-state index contributed by atoms with van der Waals surface area (Å²) in [4.78, 5) is 30.0. The van der Waals surface area contributed by atoms with Crippen LogP contribution in [0.2, 0.25) is 5.02 Å². The second kappa shape index (κ2) is 7.31. The van der Waals surface area contributed by atoms with Crippen LogP contribution in [-0.4, -0.2) is 24.3 Å². The molecule has 2 aromatic carbocycles. The lowest BCUT2D eigenvalue weighted by Crippen LogP contribution is -2.33. The van der Waals surface area contributed by atoms with Crippen LogP contribution in [0, 0.1) is 11.3 Å². The molecule has 0 bridgehead atoms. The number of halogens is 2. The van der Waals surface area contributed by atoms with E-state index in [2.05, 4.69) is 31.0 Å². The SMILES string of the molecule is Cn1cnc2ccc(Cc3c(Cl)cc(-n4nc(C#N)c(=O)[nH]c4=O)cc3Br)cc21. The predicted molar refractivity (Wildman–Crippen MR) is 111 cm³/mol. The molecule has 144 valence electrons. The molecule has 0 spiro atoms. The molecule has 2 heterocycles. The number of H-pyrrole nitrogens is 1. The first-order valence-corrected chi connectivity index (χ1v) is 9.56. The second-order valence-electron chi connectivity index (χ2n) is 6.37. The maximum Gasteiger partial charge on any atom is 0.349 e. The normalized spacial score (nSPS) is 11.0. The van der Waals surface area contributed by atoms with Gasteiger partial charge in [0.2, 0.25) is 5.69 Å². The third-order valence-electron chi connectivity index (χ3n) is 4.47. The van der Waals surface area contributed by atoms with Gasteiger partial charge in [-0.1, -0.05) is 33.6 Å². The van der Waals surface area contributed by atoms with Gasteiger partial charge >= 0.3 is 5.69 Å². The van der Waals surface area contributed by atoms with E-state index in [1.54, 1.807) is 24.5 Å². The number of aromatic nitrogens is 5. The van der Waals surface area contributed by atoms with Crippen LogP contribution in [-0.2, 0) is 13.5 Å². The zero-order chi connectivity index (χ0) is 20.7. The van der Waals surface area contributed by atoms with E-state index in [1.165, 1.54) is 0 Å². The number of aryl methyl sites for hydroxylation is 1. The van der Waals surface area contributed by atoms with Crippen LogP contribution in [0.1, 0.15) is 16.8 Å². The van der Waals surface area contributed by atoms with Crippen molar-refractivity contribution in [1.29, 1.82) is 5.26 Å². The maximum absolute atomic E-state index is 12.1. The van der Waals surface area contributed by atoms with Crippen molar-refractivity contribution < 1.29 is 0 Å². The van der Waals surface area contributed by atoms with Gasteiger partial charge in [0.05, 0.1) is 23.0 Å². The molecular weight excluding hydrogens is 460 g/mol. The number of nitrogens with zero attached hydrogens (tertiary/aromatic N) is 5. The van der Waals surface area contributed by atoms with Crippen molar-refractivity contribution in [3.05, 3.63) is 83.8 Å². The van der Waals surface area contributed by atoms with E-state index < -0.39 is 16.9 Å². The monoisotopic (exact) mass is 470 g/mol. The van der Waals surface area contributed by atoms with Gasteiger partial charge in [0.15, 0.2) is 0 Å². The van der Waals surface area contributed by atoms with Gasteiger partial charge < -0.3 is 4.57 Å². The van der Waals surface area contributed by atoms with Gasteiger partial charge in [0, 0.05) is 23.0 Å². The molecule has 0 aliphatic rings. The Hall–Kier alpha value is -3.22. The molecule has 0 unspecified atom stereocenters. The lowest BCUT2D eigenvalue weighted by molar-refractivity contribution is 0.740. The van der Waals surface area contributed by atoms with E-state index in [-0.39, 0.29) is 0 Å². The topological polar surface area (TPSA) is 109 Å². The van der Waals surface area contributed by atoms with Gasteiger partial charge in [-0.3, -0.25) is 9.78 Å². The van der Waals surface area contributed by atoms with E-state index in [9.17, 15) is 9.59 Å². The minimum atomic E-state index is -0.832. The molecule has 0 atom stereocenters. The highest BCUT2D eigenvalue weighted by Crippen LogP contribution is 2.30. The number of aromatic amines is 1. The molecule has 0 aliphatic carbocycles. The summed E-state index contributed by atoms with van der Waals surface area (Å²) >= 11 is 9.99. The van der Waals surface area contributed by atoms with E-state index in [1.807, 2.05) is 29.8 Å². The molecule has 0 aliphatic heterocycles. The molecule has 1 N–H and O–H groups in total. The average molecular weight is 472 g/mol. The molecule has 8 nitrogen and oxygen atoms in total. The largest absolute Gasteiger partial charge is 0.349 e. The minimum Gasteiger partial charge on any atom is -0.334 e. The first kappa shape index (κ1) is 19.1. The van der Waals surface area contributed by atoms with Crippen LogP contribution in [0.15, 0.2) is 50.7 Å². The highest BCUT2D eigenvalue weighted by molar-refractivity contribution is 9.10. The van der Waals surface area contributed by atoms with Crippen molar-refractivity contribution in [3.8, 4) is 11.8 Å². The zero-order valence-corrected chi connectivity index (χ0v) is 17.3. The number of nitrogens with one attached hydrogen (secondary N) is 1. The summed E-state index contributed by atoms with van der Waals surface area (Å²) in [5.74, 6) is 0. The highest BCUT2D eigenvalue weighted by atomic mass is 79.9. The van der Waals surface area contributed by atoms with E-state index >= 15 is 0 Å². The van der Waals surface area contributed by atoms with Crippen molar-refractivity contribution in [2.45, 2.75) is 6.42 Å². The van der Waals surface area contributed by atoms with Gasteiger partial charge in [-0.05, 0) is 35.4 Å². The predicted octanol–water partition coefficient (Wildman–Crippen LogP) is 2.69. The first-order valence-electron chi connectivity index (χ1n) is 8.39. The number of benzene rings is 2. The Kier molecular flexibility index (Phi) is 4.82. The smallest absolute Gasteiger partial charge is 0.334 e. The fourth-order valence-electron chi connectivity index (χ4n) is 3.01. The van der Waals surface area contributed by atoms with E-state index in [0.717, 1.165) is 26.8 Å². The fourth-order valence-corrected chi connectivity index (χ4v) is 4.00. The molecule has 0 radical (unpaired) electrons. The van der Waals surface area contributed by atoms with Gasteiger partial charge in [0.25, 0.3) is 5.56 Å². The Morgan fingerprint density at radius 3 is 2.79 bits per heavy atom. The quantitative estimate of drug-likeness (QED) is 0.494. The zero-order valence-electron chi connectivity index (χ0n) is 15.0. The summed E-state index contributed by atoms with van der Waals surface area (Å²) in [5.41, 5.74) is 2.12. The molecular formula is C19H12BrClN6O2. The van der Waals surface area contributed by atoms with Gasteiger partial charge in [-0.25, -0.2) is 9.78 Å². The van der Waals surface area contributed by atoms with Crippen molar-refractivity contribution in [3.63, 3.8) is 0 Å². The number of hydrogen-bond donors (Lipinski definition) is 1. The van der Waals surface area contributed by atoms with Gasteiger partial charge in [-0.15, -0.1) is 5.10 Å². The van der Waals surface area contributed by atoms with Crippen LogP contribution >= 0.6 is 27.5 Å². The summed E-state index contributed by atoms with van der Waals surface area (Å²) in [6.45, 7) is 0. The Bertz CT molecular complexity index is 1410. The summed E-state index contributed by atoms with van der Waals surface area (Å²) in [7, 11) is 1.93. The summed E-state index contributed by atoms with van der Waals surface area (Å²) in [5, 5.41) is 13.2. The van der Waals surface area contributed by atoms with Crippen LogP contribution in [0.5, 0.6) is 0 Å². The van der Waals surface area contributed by atoms with Crippen LogP contribution in [0.3, 0.4) is 0 Å². The van der Waals surface area contributed by atoms with Crippen molar-refractivity contribution in [2.24, 2.45) is 7.05 Å². The van der Waals surface area contributed by atoms with Crippen molar-refractivity contribution in [2.75, 3.05) is 0 Å². The van der Waals surface area contributed by atoms with E-state index in [0.29, 0.717) is 21.6 Å². The summed E-state index contributed by atoms with van der Waals surface area (Å²) < 4.78 is 3.55. The number of nitriles is 1. The number of imidazole rings is 1.